The number of aromatic nitrogens is 3. The molecule has 1 aliphatic heterocycles. The molecule has 34 heavy (non-hydrogen) atoms. The second-order valence-corrected chi connectivity index (χ2v) is 10.2. The van der Waals surface area contributed by atoms with Gasteiger partial charge in [-0.15, -0.1) is 0 Å². The molecule has 172 valence electrons. The molecular formula is C24H21N5O4S. The van der Waals surface area contributed by atoms with Crippen LogP contribution in [-0.4, -0.2) is 35.8 Å². The van der Waals surface area contributed by atoms with Gasteiger partial charge in [-0.1, -0.05) is 36.4 Å². The molecule has 0 bridgehead atoms. The van der Waals surface area contributed by atoms with Gasteiger partial charge < -0.3 is 0 Å². The summed E-state index contributed by atoms with van der Waals surface area (Å²) in [6, 6.07) is 16.1. The molecule has 1 unspecified atom stereocenters. The SMILES string of the molecule is CC1(NS(C)(=O)=O)C(=O)N(c2cncc(Cc3n[nH]c(=O)c4ccccc34)c2)c2ccccc21. The predicted molar refractivity (Wildman–Crippen MR) is 128 cm³/mol. The number of nitrogens with one attached hydrogen (secondary N) is 2. The molecule has 5 rings (SSSR count). The van der Waals surface area contributed by atoms with E-state index in [0.717, 1.165) is 17.2 Å². The number of sulfonamides is 1. The summed E-state index contributed by atoms with van der Waals surface area (Å²) in [5.41, 5.74) is 1.38. The van der Waals surface area contributed by atoms with Crippen molar-refractivity contribution in [2.45, 2.75) is 18.9 Å². The van der Waals surface area contributed by atoms with E-state index >= 15 is 0 Å². The van der Waals surface area contributed by atoms with Crippen LogP contribution in [-0.2, 0) is 26.8 Å². The highest BCUT2D eigenvalue weighted by atomic mass is 32.2. The summed E-state index contributed by atoms with van der Waals surface area (Å²) in [5, 5.41) is 8.03. The first-order valence-electron chi connectivity index (χ1n) is 10.5. The number of carbonyl (C=O) groups is 1. The van der Waals surface area contributed by atoms with Gasteiger partial charge in [0.05, 0.1) is 34.9 Å². The largest absolute Gasteiger partial charge is 0.277 e. The molecule has 1 aliphatic rings. The Hall–Kier alpha value is -3.89. The minimum atomic E-state index is -3.67. The number of hydrogen-bond donors (Lipinski definition) is 2. The van der Waals surface area contributed by atoms with Crippen molar-refractivity contribution in [3.05, 3.63) is 94.2 Å². The third kappa shape index (κ3) is 3.66. The van der Waals surface area contributed by atoms with Gasteiger partial charge in [0.15, 0.2) is 0 Å². The molecule has 2 aromatic carbocycles. The molecule has 0 spiro atoms. The second-order valence-electron chi connectivity index (χ2n) is 8.43. The Morgan fingerprint density at radius 2 is 1.74 bits per heavy atom. The molecule has 2 N–H and O–H groups in total. The topological polar surface area (TPSA) is 125 Å². The van der Waals surface area contributed by atoms with Gasteiger partial charge in [0.1, 0.15) is 5.54 Å². The molecule has 0 saturated carbocycles. The lowest BCUT2D eigenvalue weighted by molar-refractivity contribution is -0.122. The zero-order valence-electron chi connectivity index (χ0n) is 18.4. The summed E-state index contributed by atoms with van der Waals surface area (Å²) in [7, 11) is -3.67. The molecular weight excluding hydrogens is 454 g/mol. The van der Waals surface area contributed by atoms with Crippen molar-refractivity contribution < 1.29 is 13.2 Å². The van der Waals surface area contributed by atoms with Gasteiger partial charge in [-0.25, -0.2) is 13.5 Å². The minimum Gasteiger partial charge on any atom is -0.277 e. The van der Waals surface area contributed by atoms with Gasteiger partial charge in [0.25, 0.3) is 11.5 Å². The summed E-state index contributed by atoms with van der Waals surface area (Å²) in [5.74, 6) is -0.425. The fourth-order valence-electron chi connectivity index (χ4n) is 4.46. The average Bonchev–Trinajstić information content (AvgIpc) is 3.01. The van der Waals surface area contributed by atoms with Crippen molar-refractivity contribution >= 4 is 38.1 Å². The van der Waals surface area contributed by atoms with Crippen LogP contribution in [0.25, 0.3) is 10.8 Å². The highest BCUT2D eigenvalue weighted by Crippen LogP contribution is 2.44. The van der Waals surface area contributed by atoms with Crippen LogP contribution >= 0.6 is 0 Å². The van der Waals surface area contributed by atoms with Crippen molar-refractivity contribution in [2.24, 2.45) is 0 Å². The van der Waals surface area contributed by atoms with Gasteiger partial charge in [-0.05, 0) is 30.7 Å². The Labute approximate surface area is 195 Å². The van der Waals surface area contributed by atoms with Gasteiger partial charge >= 0.3 is 0 Å². The monoisotopic (exact) mass is 475 g/mol. The van der Waals surface area contributed by atoms with Crippen LogP contribution in [0.5, 0.6) is 0 Å². The maximum Gasteiger partial charge on any atom is 0.272 e. The lowest BCUT2D eigenvalue weighted by Gasteiger charge is -2.24. The molecule has 0 radical (unpaired) electrons. The smallest absolute Gasteiger partial charge is 0.272 e. The standard InChI is InChI=1S/C24H21N5O4S/c1-24(28-34(2,32)33)19-9-5-6-10-21(19)29(23(24)31)16-11-15(13-25-14-16)12-20-17-7-3-4-8-18(17)22(30)27-26-20/h3-11,13-14,28H,12H2,1-2H3,(H,27,30). The molecule has 1 amide bonds. The number of anilines is 2. The number of benzene rings is 2. The predicted octanol–water partition coefficient (Wildman–Crippen LogP) is 2.35. The second kappa shape index (κ2) is 7.86. The van der Waals surface area contributed by atoms with Crippen molar-refractivity contribution in [3.63, 3.8) is 0 Å². The highest BCUT2D eigenvalue weighted by molar-refractivity contribution is 7.88. The number of para-hydroxylation sites is 1. The van der Waals surface area contributed by atoms with Gasteiger partial charge in [-0.2, -0.15) is 9.82 Å². The number of aromatic amines is 1. The maximum absolute atomic E-state index is 13.6. The number of nitrogens with zero attached hydrogens (tertiary/aromatic N) is 3. The molecule has 10 heteroatoms. The van der Waals surface area contributed by atoms with Crippen LogP contribution in [0.2, 0.25) is 0 Å². The van der Waals surface area contributed by atoms with Crippen LogP contribution in [0.3, 0.4) is 0 Å². The third-order valence-corrected chi connectivity index (χ3v) is 6.67. The molecule has 0 fully saturated rings. The fraction of sp³-hybridized carbons (Fsp3) is 0.167. The average molecular weight is 476 g/mol. The Bertz CT molecular complexity index is 1620. The fourth-order valence-corrected chi connectivity index (χ4v) is 5.40. The van der Waals surface area contributed by atoms with E-state index in [1.807, 2.05) is 18.2 Å². The summed E-state index contributed by atoms with van der Waals surface area (Å²) in [6.45, 7) is 1.56. The number of amides is 1. The first-order valence-corrected chi connectivity index (χ1v) is 12.4. The molecule has 4 aromatic rings. The normalized spacial score (nSPS) is 17.8. The van der Waals surface area contributed by atoms with Crippen molar-refractivity contribution in [2.75, 3.05) is 11.2 Å². The highest BCUT2D eigenvalue weighted by Gasteiger charge is 2.49. The van der Waals surface area contributed by atoms with E-state index < -0.39 is 21.5 Å². The van der Waals surface area contributed by atoms with Crippen molar-refractivity contribution in [1.82, 2.24) is 19.9 Å². The zero-order valence-corrected chi connectivity index (χ0v) is 19.3. The maximum atomic E-state index is 13.6. The number of fused-ring (bicyclic) bond motifs is 2. The number of pyridine rings is 1. The summed E-state index contributed by atoms with van der Waals surface area (Å²) in [4.78, 5) is 31.5. The van der Waals surface area contributed by atoms with E-state index in [1.54, 1.807) is 55.7 Å². The zero-order chi connectivity index (χ0) is 24.1. The lowest BCUT2D eigenvalue weighted by Crippen LogP contribution is -2.49. The van der Waals surface area contributed by atoms with E-state index in [1.165, 1.54) is 4.90 Å². The number of rotatable bonds is 5. The van der Waals surface area contributed by atoms with E-state index in [-0.39, 0.29) is 5.56 Å². The van der Waals surface area contributed by atoms with Crippen LogP contribution in [0.4, 0.5) is 11.4 Å². The Kier molecular flexibility index (Phi) is 5.07. The summed E-state index contributed by atoms with van der Waals surface area (Å²) < 4.78 is 26.6. The van der Waals surface area contributed by atoms with Crippen molar-refractivity contribution in [3.8, 4) is 0 Å². The Balaban J connectivity index is 1.56. The number of hydrogen-bond acceptors (Lipinski definition) is 6. The molecule has 1 atom stereocenters. The quantitative estimate of drug-likeness (QED) is 0.457. The van der Waals surface area contributed by atoms with Gasteiger partial charge in [-0.3, -0.25) is 19.5 Å². The first-order chi connectivity index (χ1) is 16.2. The minimum absolute atomic E-state index is 0.261. The molecule has 0 saturated heterocycles. The molecule has 3 heterocycles. The van der Waals surface area contributed by atoms with Crippen LogP contribution < -0.4 is 15.2 Å². The van der Waals surface area contributed by atoms with E-state index in [4.69, 9.17) is 0 Å². The van der Waals surface area contributed by atoms with E-state index in [2.05, 4.69) is 19.9 Å². The Morgan fingerprint density at radius 1 is 1.03 bits per heavy atom. The van der Waals surface area contributed by atoms with Crippen LogP contribution in [0.1, 0.15) is 23.7 Å². The van der Waals surface area contributed by atoms with Crippen LogP contribution in [0.15, 0.2) is 71.8 Å². The molecule has 2 aromatic heterocycles. The van der Waals surface area contributed by atoms with Crippen LogP contribution in [0, 0.1) is 0 Å². The number of H-pyrrole nitrogens is 1. The summed E-state index contributed by atoms with van der Waals surface area (Å²) in [6.07, 6.45) is 4.63. The number of carbonyl (C=O) groups excluding carboxylic acids is 1. The first kappa shape index (κ1) is 21.9. The van der Waals surface area contributed by atoms with Gasteiger partial charge in [0, 0.05) is 23.6 Å². The van der Waals surface area contributed by atoms with E-state index in [9.17, 15) is 18.0 Å². The van der Waals surface area contributed by atoms with E-state index in [0.29, 0.717) is 34.4 Å². The van der Waals surface area contributed by atoms with Crippen molar-refractivity contribution in [1.29, 1.82) is 0 Å². The summed E-state index contributed by atoms with van der Waals surface area (Å²) >= 11 is 0. The Morgan fingerprint density at radius 3 is 2.50 bits per heavy atom. The third-order valence-electron chi connectivity index (χ3n) is 5.89. The molecule has 9 nitrogen and oxygen atoms in total. The van der Waals surface area contributed by atoms with Gasteiger partial charge in [0.2, 0.25) is 10.0 Å². The lowest BCUT2D eigenvalue weighted by atomic mass is 9.95. The molecule has 0 aliphatic carbocycles.